The topological polar surface area (TPSA) is 12.0 Å². The summed E-state index contributed by atoms with van der Waals surface area (Å²) in [5.41, 5.74) is 4.81. The van der Waals surface area contributed by atoms with Gasteiger partial charge in [-0.1, -0.05) is 36.4 Å². The van der Waals surface area contributed by atoms with Gasteiger partial charge in [-0.3, -0.25) is 0 Å². The minimum atomic E-state index is 0.117. The van der Waals surface area contributed by atoms with Gasteiger partial charge >= 0.3 is 0 Å². The molecular formula is C14H12ClN. The normalized spacial score (nSPS) is 22.2. The molecule has 1 aromatic rings. The Balaban J connectivity index is 2.04. The van der Waals surface area contributed by atoms with Crippen molar-refractivity contribution in [2.24, 2.45) is 0 Å². The fourth-order valence-corrected chi connectivity index (χ4v) is 2.31. The number of rotatable bonds is 0. The highest BCUT2D eigenvalue weighted by molar-refractivity contribution is 6.22. The van der Waals surface area contributed by atoms with Crippen LogP contribution in [0.1, 0.15) is 12.0 Å². The summed E-state index contributed by atoms with van der Waals surface area (Å²) in [5, 5.41) is 3.57. The fourth-order valence-electron chi connectivity index (χ4n) is 2.07. The predicted molar refractivity (Wildman–Crippen MR) is 69.5 cm³/mol. The van der Waals surface area contributed by atoms with Crippen molar-refractivity contribution in [3.05, 3.63) is 59.3 Å². The molecule has 1 unspecified atom stereocenters. The summed E-state index contributed by atoms with van der Waals surface area (Å²) in [5.74, 6) is 0. The number of hydrogen-bond donors (Lipinski definition) is 1. The lowest BCUT2D eigenvalue weighted by Crippen LogP contribution is -2.08. The maximum Gasteiger partial charge on any atom is 0.0560 e. The van der Waals surface area contributed by atoms with Gasteiger partial charge in [-0.05, 0) is 29.7 Å². The largest absolute Gasteiger partial charge is 0.355 e. The number of para-hydroxylation sites is 1. The van der Waals surface area contributed by atoms with Gasteiger partial charge in [-0.15, -0.1) is 11.6 Å². The highest BCUT2D eigenvalue weighted by Gasteiger charge is 2.15. The van der Waals surface area contributed by atoms with Gasteiger partial charge in [0.1, 0.15) is 0 Å². The SMILES string of the molecule is ClC1C=CC2=C(C=Cc3ccccc3N2)C1. The molecule has 1 aliphatic carbocycles. The molecule has 3 rings (SSSR count). The number of alkyl halides is 1. The molecule has 0 fully saturated rings. The molecule has 0 saturated carbocycles. The maximum absolute atomic E-state index is 6.12. The highest BCUT2D eigenvalue weighted by atomic mass is 35.5. The van der Waals surface area contributed by atoms with Crippen molar-refractivity contribution in [2.45, 2.75) is 11.8 Å². The first-order chi connectivity index (χ1) is 7.83. The van der Waals surface area contributed by atoms with Crippen LogP contribution in [0.3, 0.4) is 0 Å². The summed E-state index contributed by atoms with van der Waals surface area (Å²) < 4.78 is 0. The maximum atomic E-state index is 6.12. The molecule has 0 amide bonds. The second-order valence-corrected chi connectivity index (χ2v) is 4.62. The number of hydrogen-bond acceptors (Lipinski definition) is 1. The van der Waals surface area contributed by atoms with E-state index < -0.39 is 0 Å². The smallest absolute Gasteiger partial charge is 0.0560 e. The number of anilines is 1. The third kappa shape index (κ3) is 1.68. The molecule has 0 aromatic heterocycles. The van der Waals surface area contributed by atoms with Crippen LogP contribution in [0.5, 0.6) is 0 Å². The molecule has 80 valence electrons. The Labute approximate surface area is 100 Å². The molecular weight excluding hydrogens is 218 g/mol. The quantitative estimate of drug-likeness (QED) is 0.665. The van der Waals surface area contributed by atoms with Gasteiger partial charge in [-0.25, -0.2) is 0 Å². The van der Waals surface area contributed by atoms with Crippen molar-refractivity contribution in [2.75, 3.05) is 5.32 Å². The molecule has 0 saturated heterocycles. The van der Waals surface area contributed by atoms with Crippen molar-refractivity contribution < 1.29 is 0 Å². The van der Waals surface area contributed by atoms with Crippen LogP contribution in [0.25, 0.3) is 6.08 Å². The molecule has 0 bridgehead atoms. The molecule has 1 nitrogen and oxygen atoms in total. The number of nitrogens with one attached hydrogen (secondary N) is 1. The molecule has 1 heterocycles. The average molecular weight is 230 g/mol. The Bertz CT molecular complexity index is 511. The zero-order valence-corrected chi connectivity index (χ0v) is 9.54. The molecule has 0 spiro atoms. The van der Waals surface area contributed by atoms with Gasteiger partial charge in [0, 0.05) is 11.4 Å². The highest BCUT2D eigenvalue weighted by Crippen LogP contribution is 2.30. The van der Waals surface area contributed by atoms with E-state index in [0.717, 1.165) is 17.8 Å². The summed E-state index contributed by atoms with van der Waals surface area (Å²) in [6.07, 6.45) is 9.31. The Kier molecular flexibility index (Phi) is 2.33. The van der Waals surface area contributed by atoms with Crippen molar-refractivity contribution >= 4 is 23.4 Å². The van der Waals surface area contributed by atoms with Gasteiger partial charge in [0.15, 0.2) is 0 Å². The van der Waals surface area contributed by atoms with Crippen LogP contribution in [0.2, 0.25) is 0 Å². The summed E-state index contributed by atoms with van der Waals surface area (Å²) >= 11 is 6.12. The third-order valence-electron chi connectivity index (χ3n) is 2.93. The standard InChI is InChI=1S/C14H12ClN/c15-12-7-8-14-11(9-12)6-5-10-3-1-2-4-13(10)16-14/h1-8,12,16H,9H2. The molecule has 1 aromatic carbocycles. The Morgan fingerprint density at radius 2 is 2.00 bits per heavy atom. The van der Waals surface area contributed by atoms with E-state index in [0.29, 0.717) is 0 Å². The summed E-state index contributed by atoms with van der Waals surface area (Å²) in [6.45, 7) is 0. The van der Waals surface area contributed by atoms with Crippen LogP contribution in [-0.4, -0.2) is 5.38 Å². The minimum absolute atomic E-state index is 0.117. The van der Waals surface area contributed by atoms with Crippen LogP contribution >= 0.6 is 11.6 Å². The lowest BCUT2D eigenvalue weighted by molar-refractivity contribution is 0.981. The first kappa shape index (κ1) is 9.73. The van der Waals surface area contributed by atoms with Gasteiger partial charge in [0.2, 0.25) is 0 Å². The van der Waals surface area contributed by atoms with Gasteiger partial charge in [0.25, 0.3) is 0 Å². The lowest BCUT2D eigenvalue weighted by Gasteiger charge is -2.16. The Morgan fingerprint density at radius 3 is 2.94 bits per heavy atom. The first-order valence-electron chi connectivity index (χ1n) is 5.42. The first-order valence-corrected chi connectivity index (χ1v) is 5.86. The van der Waals surface area contributed by atoms with Crippen LogP contribution in [0.15, 0.2) is 53.8 Å². The second-order valence-electron chi connectivity index (χ2n) is 4.06. The predicted octanol–water partition coefficient (Wildman–Crippen LogP) is 3.95. The summed E-state index contributed by atoms with van der Waals surface area (Å²) in [4.78, 5) is 0. The van der Waals surface area contributed by atoms with E-state index in [-0.39, 0.29) is 5.38 Å². The number of allylic oxidation sites excluding steroid dienone is 4. The molecule has 1 atom stereocenters. The number of fused-ring (bicyclic) bond motifs is 1. The zero-order chi connectivity index (χ0) is 11.0. The van der Waals surface area contributed by atoms with Gasteiger partial charge in [-0.2, -0.15) is 0 Å². The van der Waals surface area contributed by atoms with Crippen molar-refractivity contribution in [1.29, 1.82) is 0 Å². The van der Waals surface area contributed by atoms with Gasteiger partial charge in [0.05, 0.1) is 5.38 Å². The molecule has 2 aliphatic rings. The summed E-state index contributed by atoms with van der Waals surface area (Å²) in [7, 11) is 0. The van der Waals surface area contributed by atoms with Gasteiger partial charge < -0.3 is 5.32 Å². The minimum Gasteiger partial charge on any atom is -0.355 e. The van der Waals surface area contributed by atoms with Crippen LogP contribution in [0.4, 0.5) is 5.69 Å². The van der Waals surface area contributed by atoms with Crippen molar-refractivity contribution in [1.82, 2.24) is 0 Å². The molecule has 2 heteroatoms. The molecule has 16 heavy (non-hydrogen) atoms. The van der Waals surface area contributed by atoms with E-state index in [4.69, 9.17) is 11.6 Å². The van der Waals surface area contributed by atoms with E-state index in [2.05, 4.69) is 41.7 Å². The molecule has 0 radical (unpaired) electrons. The molecule has 1 N–H and O–H groups in total. The van der Waals surface area contributed by atoms with E-state index in [1.54, 1.807) is 0 Å². The third-order valence-corrected chi connectivity index (χ3v) is 3.23. The van der Waals surface area contributed by atoms with E-state index >= 15 is 0 Å². The van der Waals surface area contributed by atoms with Crippen LogP contribution in [0, 0.1) is 0 Å². The van der Waals surface area contributed by atoms with Crippen molar-refractivity contribution in [3.63, 3.8) is 0 Å². The Hall–Kier alpha value is -1.47. The van der Waals surface area contributed by atoms with Crippen LogP contribution in [-0.2, 0) is 0 Å². The van der Waals surface area contributed by atoms with E-state index in [1.807, 2.05) is 12.1 Å². The number of benzene rings is 1. The lowest BCUT2D eigenvalue weighted by atomic mass is 10.0. The fraction of sp³-hybridized carbons (Fsp3) is 0.143. The summed E-state index contributed by atoms with van der Waals surface area (Å²) in [6, 6.07) is 8.30. The molecule has 1 aliphatic heterocycles. The number of halogens is 1. The van der Waals surface area contributed by atoms with E-state index in [1.165, 1.54) is 11.1 Å². The zero-order valence-electron chi connectivity index (χ0n) is 8.78. The monoisotopic (exact) mass is 229 g/mol. The second kappa shape index (κ2) is 3.84. The van der Waals surface area contributed by atoms with E-state index in [9.17, 15) is 0 Å². The Morgan fingerprint density at radius 1 is 1.12 bits per heavy atom. The average Bonchev–Trinajstić information content (AvgIpc) is 2.48. The van der Waals surface area contributed by atoms with Crippen molar-refractivity contribution in [3.8, 4) is 0 Å². The van der Waals surface area contributed by atoms with Crippen LogP contribution < -0.4 is 5.32 Å².